The topological polar surface area (TPSA) is 101 Å². The summed E-state index contributed by atoms with van der Waals surface area (Å²) in [6.07, 6.45) is 1.48. The zero-order valence-corrected chi connectivity index (χ0v) is 17.1. The Labute approximate surface area is 181 Å². The molecule has 0 fully saturated rings. The summed E-state index contributed by atoms with van der Waals surface area (Å²) in [6.45, 7) is 0.0835. The number of ether oxygens (including phenoxy) is 1. The SMILES string of the molecule is COc1ccc(Cl)cc1NC(=O)NNC(=O)c1cccn(Cc2cccc(F)c2)c1=O. The van der Waals surface area contributed by atoms with Crippen molar-refractivity contribution in [3.05, 3.63) is 93.1 Å². The van der Waals surface area contributed by atoms with Crippen LogP contribution in [0.4, 0.5) is 14.9 Å². The summed E-state index contributed by atoms with van der Waals surface area (Å²) in [5.74, 6) is -0.869. The molecule has 0 saturated heterocycles. The highest BCUT2D eigenvalue weighted by atomic mass is 35.5. The van der Waals surface area contributed by atoms with Crippen molar-refractivity contribution in [2.24, 2.45) is 0 Å². The van der Waals surface area contributed by atoms with Crippen molar-refractivity contribution in [1.82, 2.24) is 15.4 Å². The third kappa shape index (κ3) is 5.61. The number of anilines is 1. The Morgan fingerprint density at radius 2 is 1.90 bits per heavy atom. The second-order valence-electron chi connectivity index (χ2n) is 6.36. The van der Waals surface area contributed by atoms with E-state index >= 15 is 0 Å². The minimum absolute atomic E-state index is 0.0835. The first-order valence-corrected chi connectivity index (χ1v) is 9.40. The molecule has 0 bridgehead atoms. The summed E-state index contributed by atoms with van der Waals surface area (Å²) in [4.78, 5) is 37.1. The normalized spacial score (nSPS) is 10.3. The Bertz CT molecular complexity index is 1180. The highest BCUT2D eigenvalue weighted by Gasteiger charge is 2.14. The number of hydrogen-bond donors (Lipinski definition) is 3. The Morgan fingerprint density at radius 3 is 2.65 bits per heavy atom. The van der Waals surface area contributed by atoms with Gasteiger partial charge in [-0.2, -0.15) is 0 Å². The van der Waals surface area contributed by atoms with Crippen molar-refractivity contribution in [1.29, 1.82) is 0 Å². The molecular weight excluding hydrogens is 427 g/mol. The summed E-state index contributed by atoms with van der Waals surface area (Å²) >= 11 is 5.91. The van der Waals surface area contributed by atoms with Crippen LogP contribution in [0.25, 0.3) is 0 Å². The maximum Gasteiger partial charge on any atom is 0.338 e. The number of benzene rings is 2. The number of nitrogens with one attached hydrogen (secondary N) is 3. The van der Waals surface area contributed by atoms with Gasteiger partial charge < -0.3 is 14.6 Å². The lowest BCUT2D eigenvalue weighted by atomic mass is 10.2. The van der Waals surface area contributed by atoms with E-state index in [1.165, 1.54) is 54.3 Å². The maximum atomic E-state index is 13.4. The van der Waals surface area contributed by atoms with Gasteiger partial charge in [0.2, 0.25) is 0 Å². The number of carbonyl (C=O) groups is 2. The third-order valence-electron chi connectivity index (χ3n) is 4.21. The number of aromatic nitrogens is 1. The average molecular weight is 445 g/mol. The largest absolute Gasteiger partial charge is 0.495 e. The number of nitrogens with zero attached hydrogens (tertiary/aromatic N) is 1. The van der Waals surface area contributed by atoms with Crippen LogP contribution in [0, 0.1) is 5.82 Å². The molecule has 1 aromatic heterocycles. The minimum Gasteiger partial charge on any atom is -0.495 e. The van der Waals surface area contributed by atoms with Gasteiger partial charge in [-0.05, 0) is 48.0 Å². The molecule has 160 valence electrons. The number of hydrogen-bond acceptors (Lipinski definition) is 4. The number of urea groups is 1. The second-order valence-corrected chi connectivity index (χ2v) is 6.80. The highest BCUT2D eigenvalue weighted by Crippen LogP contribution is 2.27. The number of hydrazine groups is 1. The fraction of sp³-hybridized carbons (Fsp3) is 0.0952. The summed E-state index contributed by atoms with van der Waals surface area (Å²) in [7, 11) is 1.43. The summed E-state index contributed by atoms with van der Waals surface area (Å²) in [6, 6.07) is 12.5. The minimum atomic E-state index is -0.813. The standard InChI is InChI=1S/C21H18ClFN4O4/c1-31-18-8-7-14(22)11-17(18)24-21(30)26-25-19(28)16-6-3-9-27(20(16)29)12-13-4-2-5-15(23)10-13/h2-11H,12H2,1H3,(H,25,28)(H2,24,26,30). The second kappa shape index (κ2) is 9.77. The predicted octanol–water partition coefficient (Wildman–Crippen LogP) is 3.16. The van der Waals surface area contributed by atoms with E-state index in [9.17, 15) is 18.8 Å². The van der Waals surface area contributed by atoms with Gasteiger partial charge in [0.15, 0.2) is 0 Å². The van der Waals surface area contributed by atoms with Gasteiger partial charge in [-0.3, -0.25) is 15.0 Å². The first-order chi connectivity index (χ1) is 14.9. The van der Waals surface area contributed by atoms with Gasteiger partial charge in [0.05, 0.1) is 19.3 Å². The molecule has 0 spiro atoms. The van der Waals surface area contributed by atoms with E-state index < -0.39 is 23.3 Å². The molecule has 2 aromatic carbocycles. The van der Waals surface area contributed by atoms with E-state index in [0.717, 1.165) is 0 Å². The monoisotopic (exact) mass is 444 g/mol. The van der Waals surface area contributed by atoms with E-state index in [2.05, 4.69) is 16.2 Å². The lowest BCUT2D eigenvalue weighted by Gasteiger charge is -2.12. The maximum absolute atomic E-state index is 13.4. The number of pyridine rings is 1. The molecule has 0 unspecified atom stereocenters. The fourth-order valence-corrected chi connectivity index (χ4v) is 2.95. The van der Waals surface area contributed by atoms with Crippen LogP contribution in [0.2, 0.25) is 5.02 Å². The summed E-state index contributed by atoms with van der Waals surface area (Å²) in [5, 5.41) is 2.86. The number of halogens is 2. The molecule has 8 nitrogen and oxygen atoms in total. The quantitative estimate of drug-likeness (QED) is 0.526. The zero-order valence-electron chi connectivity index (χ0n) is 16.3. The Morgan fingerprint density at radius 1 is 1.10 bits per heavy atom. The first-order valence-electron chi connectivity index (χ1n) is 9.02. The molecule has 0 saturated carbocycles. The molecule has 3 amide bonds. The lowest BCUT2D eigenvalue weighted by molar-refractivity contribution is 0.0936. The van der Waals surface area contributed by atoms with E-state index in [0.29, 0.717) is 22.0 Å². The number of amides is 3. The van der Waals surface area contributed by atoms with Gasteiger partial charge in [-0.1, -0.05) is 23.7 Å². The average Bonchev–Trinajstić information content (AvgIpc) is 2.74. The Balaban J connectivity index is 1.66. The third-order valence-corrected chi connectivity index (χ3v) is 4.44. The predicted molar refractivity (Wildman–Crippen MR) is 114 cm³/mol. The fourth-order valence-electron chi connectivity index (χ4n) is 2.78. The molecular formula is C21H18ClFN4O4. The van der Waals surface area contributed by atoms with Crippen LogP contribution in [0.15, 0.2) is 65.6 Å². The van der Waals surface area contributed by atoms with E-state index in [-0.39, 0.29) is 12.1 Å². The van der Waals surface area contributed by atoms with Crippen LogP contribution in [0.3, 0.4) is 0 Å². The number of methoxy groups -OCH3 is 1. The van der Waals surface area contributed by atoms with Gasteiger partial charge in [0, 0.05) is 11.2 Å². The van der Waals surface area contributed by atoms with E-state index in [1.807, 2.05) is 0 Å². The Hall–Kier alpha value is -3.85. The molecule has 31 heavy (non-hydrogen) atoms. The van der Waals surface area contributed by atoms with Crippen LogP contribution in [-0.2, 0) is 6.54 Å². The molecule has 1 heterocycles. The van der Waals surface area contributed by atoms with Crippen LogP contribution in [0.5, 0.6) is 5.75 Å². The molecule has 0 aliphatic carbocycles. The van der Waals surface area contributed by atoms with E-state index in [4.69, 9.17) is 16.3 Å². The van der Waals surface area contributed by atoms with Crippen LogP contribution in [-0.4, -0.2) is 23.6 Å². The summed E-state index contributed by atoms with van der Waals surface area (Å²) in [5.41, 5.74) is 4.39. The van der Waals surface area contributed by atoms with Crippen molar-refractivity contribution in [2.75, 3.05) is 12.4 Å². The highest BCUT2D eigenvalue weighted by molar-refractivity contribution is 6.31. The van der Waals surface area contributed by atoms with Crippen LogP contribution >= 0.6 is 11.6 Å². The smallest absolute Gasteiger partial charge is 0.338 e. The van der Waals surface area contributed by atoms with Gasteiger partial charge in [-0.15, -0.1) is 0 Å². The number of carbonyl (C=O) groups excluding carboxylic acids is 2. The van der Waals surface area contributed by atoms with Crippen molar-refractivity contribution < 1.29 is 18.7 Å². The van der Waals surface area contributed by atoms with Crippen molar-refractivity contribution in [2.45, 2.75) is 6.54 Å². The van der Waals surface area contributed by atoms with Crippen molar-refractivity contribution in [3.63, 3.8) is 0 Å². The van der Waals surface area contributed by atoms with Crippen molar-refractivity contribution in [3.8, 4) is 5.75 Å². The van der Waals surface area contributed by atoms with Gasteiger partial charge in [0.25, 0.3) is 11.5 Å². The van der Waals surface area contributed by atoms with Gasteiger partial charge in [-0.25, -0.2) is 14.6 Å². The molecule has 0 radical (unpaired) electrons. The molecule has 0 aliphatic rings. The van der Waals surface area contributed by atoms with Crippen LogP contribution in [0.1, 0.15) is 15.9 Å². The molecule has 3 aromatic rings. The first kappa shape index (κ1) is 21.8. The molecule has 3 rings (SSSR count). The van der Waals surface area contributed by atoms with Crippen molar-refractivity contribution >= 4 is 29.2 Å². The molecule has 10 heteroatoms. The molecule has 0 aliphatic heterocycles. The zero-order chi connectivity index (χ0) is 22.4. The van der Waals surface area contributed by atoms with Crippen LogP contribution < -0.4 is 26.5 Å². The molecule has 3 N–H and O–H groups in total. The Kier molecular flexibility index (Phi) is 6.88. The lowest BCUT2D eigenvalue weighted by Crippen LogP contribution is -2.45. The van der Waals surface area contributed by atoms with E-state index in [1.54, 1.807) is 18.2 Å². The van der Waals surface area contributed by atoms with Gasteiger partial charge in [0.1, 0.15) is 17.1 Å². The van der Waals surface area contributed by atoms with Gasteiger partial charge >= 0.3 is 6.03 Å². The molecule has 0 atom stereocenters. The summed E-state index contributed by atoms with van der Waals surface area (Å²) < 4.78 is 19.8. The number of rotatable bonds is 5.